The number of allylic oxidation sites excluding steroid dienone is 3. The van der Waals surface area contributed by atoms with E-state index >= 15 is 0 Å². The third kappa shape index (κ3) is 5.07. The number of hydrogen-bond donors (Lipinski definition) is 2. The van der Waals surface area contributed by atoms with Crippen LogP contribution >= 0.6 is 0 Å². The van der Waals surface area contributed by atoms with Crippen molar-refractivity contribution in [2.24, 2.45) is 5.73 Å². The van der Waals surface area contributed by atoms with Crippen molar-refractivity contribution in [1.82, 2.24) is 10.2 Å². The Bertz CT molecular complexity index is 373. The lowest BCUT2D eigenvalue weighted by molar-refractivity contribution is -0.122. The highest BCUT2D eigenvalue weighted by molar-refractivity contribution is 5.81. The van der Waals surface area contributed by atoms with Gasteiger partial charge in [-0.05, 0) is 19.3 Å². The maximum Gasteiger partial charge on any atom is 0.237 e. The summed E-state index contributed by atoms with van der Waals surface area (Å²) in [7, 11) is 0. The van der Waals surface area contributed by atoms with E-state index in [1.165, 1.54) is 5.57 Å². The van der Waals surface area contributed by atoms with E-state index in [1.807, 2.05) is 6.08 Å². The van der Waals surface area contributed by atoms with E-state index in [9.17, 15) is 4.79 Å². The number of morpholine rings is 1. The number of carbonyl (C=O) groups is 1. The van der Waals surface area contributed by atoms with Crippen molar-refractivity contribution in [2.75, 3.05) is 39.4 Å². The van der Waals surface area contributed by atoms with Crippen LogP contribution in [0.1, 0.15) is 19.3 Å². The van der Waals surface area contributed by atoms with Gasteiger partial charge in [0.2, 0.25) is 5.91 Å². The van der Waals surface area contributed by atoms with Gasteiger partial charge in [0, 0.05) is 26.2 Å². The molecule has 0 aromatic carbocycles. The standard InChI is InChI=1S/C15H25N3O2/c16-14(12-13-4-2-1-3-5-13)15(19)17-6-7-18-8-10-20-11-9-18/h1-2,4,14H,3,5-12,16H2,(H,17,19). The van der Waals surface area contributed by atoms with Crippen LogP contribution in [-0.2, 0) is 9.53 Å². The van der Waals surface area contributed by atoms with E-state index in [1.54, 1.807) is 0 Å². The fourth-order valence-corrected chi connectivity index (χ4v) is 2.49. The van der Waals surface area contributed by atoms with E-state index in [-0.39, 0.29) is 5.91 Å². The Morgan fingerprint density at radius 2 is 2.25 bits per heavy atom. The van der Waals surface area contributed by atoms with E-state index in [0.717, 1.165) is 45.7 Å². The number of carbonyl (C=O) groups excluding carboxylic acids is 1. The molecule has 2 rings (SSSR count). The largest absolute Gasteiger partial charge is 0.379 e. The van der Waals surface area contributed by atoms with Crippen LogP contribution in [-0.4, -0.2) is 56.2 Å². The summed E-state index contributed by atoms with van der Waals surface area (Å²) in [4.78, 5) is 14.2. The number of ether oxygens (including phenoxy) is 1. The van der Waals surface area contributed by atoms with E-state index in [4.69, 9.17) is 10.5 Å². The second-order valence-corrected chi connectivity index (χ2v) is 5.35. The molecular weight excluding hydrogens is 254 g/mol. The van der Waals surface area contributed by atoms with Crippen LogP contribution in [0.4, 0.5) is 0 Å². The minimum absolute atomic E-state index is 0.0475. The topological polar surface area (TPSA) is 67.6 Å². The van der Waals surface area contributed by atoms with Crippen molar-refractivity contribution in [3.63, 3.8) is 0 Å². The van der Waals surface area contributed by atoms with Gasteiger partial charge in [0.25, 0.3) is 0 Å². The first-order chi connectivity index (χ1) is 9.75. The first kappa shape index (κ1) is 15.2. The average Bonchev–Trinajstić information content (AvgIpc) is 2.49. The second kappa shape index (κ2) is 8.19. The van der Waals surface area contributed by atoms with Crippen molar-refractivity contribution >= 4 is 5.91 Å². The molecule has 3 N–H and O–H groups in total. The molecule has 112 valence electrons. The second-order valence-electron chi connectivity index (χ2n) is 5.35. The van der Waals surface area contributed by atoms with Gasteiger partial charge in [-0.1, -0.05) is 23.8 Å². The van der Waals surface area contributed by atoms with Crippen LogP contribution in [0, 0.1) is 0 Å². The number of hydrogen-bond acceptors (Lipinski definition) is 4. The maximum absolute atomic E-state index is 11.9. The van der Waals surface area contributed by atoms with Gasteiger partial charge < -0.3 is 15.8 Å². The van der Waals surface area contributed by atoms with Gasteiger partial charge >= 0.3 is 0 Å². The molecule has 0 bridgehead atoms. The Morgan fingerprint density at radius 3 is 2.95 bits per heavy atom. The van der Waals surface area contributed by atoms with Crippen molar-refractivity contribution < 1.29 is 9.53 Å². The first-order valence-corrected chi connectivity index (χ1v) is 7.43. The molecule has 2 aliphatic rings. The zero-order valence-corrected chi connectivity index (χ0v) is 12.0. The SMILES string of the molecule is NC(CC1=CC=CCC1)C(=O)NCCN1CCOCC1. The monoisotopic (exact) mass is 279 g/mol. The van der Waals surface area contributed by atoms with E-state index in [0.29, 0.717) is 13.0 Å². The molecule has 20 heavy (non-hydrogen) atoms. The van der Waals surface area contributed by atoms with Gasteiger partial charge in [-0.2, -0.15) is 0 Å². The Balaban J connectivity index is 1.63. The average molecular weight is 279 g/mol. The Hall–Kier alpha value is -1.17. The van der Waals surface area contributed by atoms with Crippen molar-refractivity contribution in [3.8, 4) is 0 Å². The first-order valence-electron chi connectivity index (χ1n) is 7.43. The highest BCUT2D eigenvalue weighted by atomic mass is 16.5. The molecule has 1 unspecified atom stereocenters. The molecule has 1 amide bonds. The molecule has 0 spiro atoms. The van der Waals surface area contributed by atoms with Crippen molar-refractivity contribution in [3.05, 3.63) is 23.8 Å². The summed E-state index contributed by atoms with van der Waals surface area (Å²) in [5, 5.41) is 2.93. The van der Waals surface area contributed by atoms with Crippen molar-refractivity contribution in [2.45, 2.75) is 25.3 Å². The molecule has 5 heteroatoms. The van der Waals surface area contributed by atoms with E-state index < -0.39 is 6.04 Å². The van der Waals surface area contributed by atoms with Gasteiger partial charge in [-0.25, -0.2) is 0 Å². The molecule has 0 aromatic heterocycles. The van der Waals surface area contributed by atoms with Gasteiger partial charge in [-0.15, -0.1) is 0 Å². The lowest BCUT2D eigenvalue weighted by Gasteiger charge is -2.26. The van der Waals surface area contributed by atoms with Crippen molar-refractivity contribution in [1.29, 1.82) is 0 Å². The van der Waals surface area contributed by atoms with Crippen LogP contribution < -0.4 is 11.1 Å². The molecule has 1 aliphatic heterocycles. The Morgan fingerprint density at radius 1 is 1.45 bits per heavy atom. The number of amides is 1. The predicted molar refractivity (Wildman–Crippen MR) is 79.3 cm³/mol. The smallest absolute Gasteiger partial charge is 0.237 e. The summed E-state index contributed by atoms with van der Waals surface area (Å²) in [5.74, 6) is -0.0475. The quantitative estimate of drug-likeness (QED) is 0.740. The molecule has 1 atom stereocenters. The molecule has 0 radical (unpaired) electrons. The molecule has 1 saturated heterocycles. The highest BCUT2D eigenvalue weighted by Crippen LogP contribution is 2.16. The summed E-state index contributed by atoms with van der Waals surface area (Å²) in [6, 6.07) is -0.433. The highest BCUT2D eigenvalue weighted by Gasteiger charge is 2.16. The molecule has 1 aliphatic carbocycles. The third-order valence-corrected chi connectivity index (χ3v) is 3.75. The summed E-state index contributed by atoms with van der Waals surface area (Å²) in [6.07, 6.45) is 8.99. The van der Waals surface area contributed by atoms with Gasteiger partial charge in [-0.3, -0.25) is 9.69 Å². The Kier molecular flexibility index (Phi) is 6.24. The fourth-order valence-electron chi connectivity index (χ4n) is 2.49. The molecular formula is C15H25N3O2. The maximum atomic E-state index is 11.9. The lowest BCUT2D eigenvalue weighted by Crippen LogP contribution is -2.45. The minimum Gasteiger partial charge on any atom is -0.379 e. The van der Waals surface area contributed by atoms with Crippen LogP contribution in [0.25, 0.3) is 0 Å². The van der Waals surface area contributed by atoms with Crippen LogP contribution in [0.2, 0.25) is 0 Å². The summed E-state index contributed by atoms with van der Waals surface area (Å²) < 4.78 is 5.29. The normalized spacial score (nSPS) is 21.4. The summed E-state index contributed by atoms with van der Waals surface area (Å²) in [6.45, 7) is 4.99. The fraction of sp³-hybridized carbons (Fsp3) is 0.667. The molecule has 5 nitrogen and oxygen atoms in total. The van der Waals surface area contributed by atoms with Gasteiger partial charge in [0.15, 0.2) is 0 Å². The molecule has 0 saturated carbocycles. The summed E-state index contributed by atoms with van der Waals surface area (Å²) >= 11 is 0. The molecule has 1 heterocycles. The molecule has 1 fully saturated rings. The van der Waals surface area contributed by atoms with E-state index in [2.05, 4.69) is 22.4 Å². The van der Waals surface area contributed by atoms with Gasteiger partial charge in [0.1, 0.15) is 0 Å². The zero-order valence-electron chi connectivity index (χ0n) is 12.0. The number of rotatable bonds is 6. The Labute approximate surface area is 120 Å². The minimum atomic E-state index is -0.433. The number of nitrogens with zero attached hydrogens (tertiary/aromatic N) is 1. The molecule has 0 aromatic rings. The van der Waals surface area contributed by atoms with Gasteiger partial charge in [0.05, 0.1) is 19.3 Å². The number of nitrogens with two attached hydrogens (primary N) is 1. The van der Waals surface area contributed by atoms with Crippen LogP contribution in [0.5, 0.6) is 0 Å². The predicted octanol–water partition coefficient (Wildman–Crippen LogP) is 0.429. The number of nitrogens with one attached hydrogen (secondary N) is 1. The van der Waals surface area contributed by atoms with Crippen LogP contribution in [0.3, 0.4) is 0 Å². The zero-order chi connectivity index (χ0) is 14.2. The lowest BCUT2D eigenvalue weighted by atomic mass is 9.98. The third-order valence-electron chi connectivity index (χ3n) is 3.75. The van der Waals surface area contributed by atoms with Crippen LogP contribution in [0.15, 0.2) is 23.8 Å². The summed E-state index contributed by atoms with van der Waals surface area (Å²) in [5.41, 5.74) is 7.22.